The second-order valence-corrected chi connectivity index (χ2v) is 2.48. The van der Waals surface area contributed by atoms with Gasteiger partial charge in [-0.3, -0.25) is 0 Å². The summed E-state index contributed by atoms with van der Waals surface area (Å²) < 4.78 is 0. The molecule has 2 heteroatoms. The summed E-state index contributed by atoms with van der Waals surface area (Å²) in [5.41, 5.74) is 0. The number of likely N-dealkylation sites (tertiary alicyclic amines) is 1. The van der Waals surface area contributed by atoms with Crippen molar-refractivity contribution in [3.05, 3.63) is 0 Å². The van der Waals surface area contributed by atoms with E-state index in [1.54, 1.807) is 0 Å². The van der Waals surface area contributed by atoms with Crippen molar-refractivity contribution in [2.24, 2.45) is 0 Å². The van der Waals surface area contributed by atoms with E-state index in [0.717, 1.165) is 12.6 Å². The molecule has 2 nitrogen and oxygen atoms in total. The molecule has 1 atom stereocenters. The van der Waals surface area contributed by atoms with Crippen LogP contribution in [0.2, 0.25) is 0 Å². The lowest BCUT2D eigenvalue weighted by Gasteiger charge is -2.37. The molecule has 0 saturated carbocycles. The molecular weight excluding hydrogens is 148 g/mol. The van der Waals surface area contributed by atoms with Crippen LogP contribution in [0.5, 0.6) is 0 Å². The first-order valence-corrected chi connectivity index (χ1v) is 5.19. The van der Waals surface area contributed by atoms with Crippen molar-refractivity contribution < 1.29 is 0 Å². The van der Waals surface area contributed by atoms with Crippen LogP contribution in [0.3, 0.4) is 0 Å². The van der Waals surface area contributed by atoms with Gasteiger partial charge in [-0.25, -0.2) is 0 Å². The van der Waals surface area contributed by atoms with Crippen molar-refractivity contribution in [2.75, 3.05) is 27.2 Å². The lowest BCUT2D eigenvalue weighted by atomic mass is 10.1. The molecule has 1 aliphatic rings. The molecule has 1 saturated heterocycles. The van der Waals surface area contributed by atoms with E-state index in [1.807, 2.05) is 34.7 Å². The number of hydrogen-bond acceptors (Lipinski definition) is 2. The Hall–Kier alpha value is -0.0800. The minimum atomic E-state index is 0.819. The first-order valence-electron chi connectivity index (χ1n) is 5.19. The van der Waals surface area contributed by atoms with Crippen molar-refractivity contribution in [2.45, 2.75) is 40.2 Å². The maximum Gasteiger partial charge on any atom is 0.0229 e. The SMILES string of the molecule is CC.CC.CNCC1CCN1C. The Morgan fingerprint density at radius 3 is 1.83 bits per heavy atom. The van der Waals surface area contributed by atoms with E-state index < -0.39 is 0 Å². The standard InChI is InChI=1S/C6H14N2.2C2H6/c1-7-5-6-3-4-8(6)2;2*1-2/h6-7H,3-5H2,1-2H3;2*1-2H3. The summed E-state index contributed by atoms with van der Waals surface area (Å²) in [7, 11) is 4.18. The van der Waals surface area contributed by atoms with Crippen LogP contribution < -0.4 is 5.32 Å². The summed E-state index contributed by atoms with van der Waals surface area (Å²) in [5.74, 6) is 0. The number of nitrogens with one attached hydrogen (secondary N) is 1. The number of likely N-dealkylation sites (N-methyl/N-ethyl adjacent to an activating group) is 2. The lowest BCUT2D eigenvalue weighted by Crippen LogP contribution is -2.49. The molecule has 1 aliphatic heterocycles. The Kier molecular flexibility index (Phi) is 13.1. The van der Waals surface area contributed by atoms with E-state index in [2.05, 4.69) is 17.3 Å². The average Bonchev–Trinajstić information content (AvgIpc) is 2.18. The largest absolute Gasteiger partial charge is 0.318 e. The molecule has 0 radical (unpaired) electrons. The highest BCUT2D eigenvalue weighted by Crippen LogP contribution is 2.11. The van der Waals surface area contributed by atoms with E-state index in [1.165, 1.54) is 13.0 Å². The summed E-state index contributed by atoms with van der Waals surface area (Å²) in [6.45, 7) is 10.4. The summed E-state index contributed by atoms with van der Waals surface area (Å²) in [4.78, 5) is 2.37. The molecule has 1 rings (SSSR count). The van der Waals surface area contributed by atoms with Gasteiger partial charge in [-0.1, -0.05) is 27.7 Å². The van der Waals surface area contributed by atoms with Crippen molar-refractivity contribution in [1.29, 1.82) is 0 Å². The van der Waals surface area contributed by atoms with Crippen LogP contribution in [0.25, 0.3) is 0 Å². The van der Waals surface area contributed by atoms with E-state index in [9.17, 15) is 0 Å². The molecule has 0 aliphatic carbocycles. The lowest BCUT2D eigenvalue weighted by molar-refractivity contribution is 0.127. The zero-order valence-electron chi connectivity index (χ0n) is 9.65. The normalized spacial score (nSPS) is 21.0. The number of nitrogens with zero attached hydrogens (tertiary/aromatic N) is 1. The fourth-order valence-electron chi connectivity index (χ4n) is 1.06. The highest BCUT2D eigenvalue weighted by molar-refractivity contribution is 4.80. The second-order valence-electron chi connectivity index (χ2n) is 2.48. The molecule has 0 aromatic carbocycles. The fourth-order valence-corrected chi connectivity index (χ4v) is 1.06. The Bertz CT molecular complexity index is 74.2. The number of hydrogen-bond donors (Lipinski definition) is 1. The smallest absolute Gasteiger partial charge is 0.0229 e. The third kappa shape index (κ3) is 5.56. The monoisotopic (exact) mass is 174 g/mol. The molecule has 0 aromatic heterocycles. The van der Waals surface area contributed by atoms with Gasteiger partial charge < -0.3 is 10.2 Å². The quantitative estimate of drug-likeness (QED) is 0.688. The van der Waals surface area contributed by atoms with Gasteiger partial charge >= 0.3 is 0 Å². The maximum absolute atomic E-state index is 3.16. The van der Waals surface area contributed by atoms with Crippen molar-refractivity contribution in [3.8, 4) is 0 Å². The molecule has 76 valence electrons. The molecule has 1 fully saturated rings. The van der Waals surface area contributed by atoms with Gasteiger partial charge in [-0.2, -0.15) is 0 Å². The van der Waals surface area contributed by atoms with Crippen LogP contribution in [0.4, 0.5) is 0 Å². The van der Waals surface area contributed by atoms with Crippen LogP contribution in [-0.4, -0.2) is 38.1 Å². The summed E-state index contributed by atoms with van der Waals surface area (Å²) in [5, 5.41) is 3.16. The van der Waals surface area contributed by atoms with Crippen LogP contribution in [0, 0.1) is 0 Å². The van der Waals surface area contributed by atoms with Crippen LogP contribution in [-0.2, 0) is 0 Å². The molecule has 12 heavy (non-hydrogen) atoms. The third-order valence-corrected chi connectivity index (χ3v) is 1.88. The molecule has 0 spiro atoms. The van der Waals surface area contributed by atoms with Gasteiger partial charge in [0.1, 0.15) is 0 Å². The molecule has 1 heterocycles. The van der Waals surface area contributed by atoms with Crippen LogP contribution >= 0.6 is 0 Å². The minimum absolute atomic E-state index is 0.819. The van der Waals surface area contributed by atoms with Gasteiger partial charge in [-0.05, 0) is 27.1 Å². The molecule has 1 N–H and O–H groups in total. The first kappa shape index (κ1) is 14.4. The Labute approximate surface area is 78.3 Å². The highest BCUT2D eigenvalue weighted by atomic mass is 15.2. The van der Waals surface area contributed by atoms with Gasteiger partial charge in [0.15, 0.2) is 0 Å². The van der Waals surface area contributed by atoms with Gasteiger partial charge in [0, 0.05) is 12.6 Å². The molecular formula is C10H26N2. The first-order chi connectivity index (χ1) is 5.84. The van der Waals surface area contributed by atoms with E-state index in [-0.39, 0.29) is 0 Å². The van der Waals surface area contributed by atoms with Gasteiger partial charge in [0.25, 0.3) is 0 Å². The molecule has 0 aromatic rings. The zero-order chi connectivity index (χ0) is 9.98. The molecule has 0 amide bonds. The zero-order valence-corrected chi connectivity index (χ0v) is 9.65. The van der Waals surface area contributed by atoms with Gasteiger partial charge in [-0.15, -0.1) is 0 Å². The average molecular weight is 174 g/mol. The Balaban J connectivity index is 0. The second kappa shape index (κ2) is 10.9. The third-order valence-electron chi connectivity index (χ3n) is 1.88. The Morgan fingerprint density at radius 1 is 1.25 bits per heavy atom. The van der Waals surface area contributed by atoms with E-state index >= 15 is 0 Å². The summed E-state index contributed by atoms with van der Waals surface area (Å²) in [6, 6.07) is 0.819. The minimum Gasteiger partial charge on any atom is -0.318 e. The van der Waals surface area contributed by atoms with Crippen molar-refractivity contribution in [3.63, 3.8) is 0 Å². The maximum atomic E-state index is 3.16. The van der Waals surface area contributed by atoms with Crippen molar-refractivity contribution >= 4 is 0 Å². The van der Waals surface area contributed by atoms with Gasteiger partial charge in [0.05, 0.1) is 0 Å². The fraction of sp³-hybridized carbons (Fsp3) is 1.00. The molecule has 0 bridgehead atoms. The highest BCUT2D eigenvalue weighted by Gasteiger charge is 2.22. The predicted octanol–water partition coefficient (Wildman–Crippen LogP) is 1.96. The Morgan fingerprint density at radius 2 is 1.75 bits per heavy atom. The van der Waals surface area contributed by atoms with E-state index in [4.69, 9.17) is 0 Å². The number of rotatable bonds is 2. The van der Waals surface area contributed by atoms with Crippen LogP contribution in [0.1, 0.15) is 34.1 Å². The van der Waals surface area contributed by atoms with Crippen LogP contribution in [0.15, 0.2) is 0 Å². The summed E-state index contributed by atoms with van der Waals surface area (Å²) in [6.07, 6.45) is 1.37. The van der Waals surface area contributed by atoms with E-state index in [0.29, 0.717) is 0 Å². The van der Waals surface area contributed by atoms with Crippen molar-refractivity contribution in [1.82, 2.24) is 10.2 Å². The predicted molar refractivity (Wildman–Crippen MR) is 57.7 cm³/mol. The van der Waals surface area contributed by atoms with Gasteiger partial charge in [0.2, 0.25) is 0 Å². The molecule has 1 unspecified atom stereocenters. The topological polar surface area (TPSA) is 15.3 Å². The summed E-state index contributed by atoms with van der Waals surface area (Å²) >= 11 is 0.